The Labute approximate surface area is 134 Å². The molecule has 0 radical (unpaired) electrons. The number of nitrogens with one attached hydrogen (secondary N) is 1. The van der Waals surface area contributed by atoms with E-state index >= 15 is 0 Å². The maximum absolute atomic E-state index is 12.4. The first-order valence-electron chi connectivity index (χ1n) is 7.42. The average molecular weight is 307 g/mol. The lowest BCUT2D eigenvalue weighted by Gasteiger charge is -2.09. The van der Waals surface area contributed by atoms with Gasteiger partial charge < -0.3 is 5.32 Å². The van der Waals surface area contributed by atoms with E-state index in [1.807, 2.05) is 44.2 Å². The van der Waals surface area contributed by atoms with Crippen LogP contribution in [0, 0.1) is 6.92 Å². The Balaban J connectivity index is 2.01. The molecule has 23 heavy (non-hydrogen) atoms. The number of carbonyl (C=O) groups is 1. The normalized spacial score (nSPS) is 10.5. The monoisotopic (exact) mass is 307 g/mol. The van der Waals surface area contributed by atoms with Gasteiger partial charge in [-0.2, -0.15) is 5.10 Å². The predicted octanol–water partition coefficient (Wildman–Crippen LogP) is 2.79. The smallest absolute Gasteiger partial charge is 0.277 e. The van der Waals surface area contributed by atoms with Crippen molar-refractivity contribution in [2.75, 3.05) is 5.32 Å². The van der Waals surface area contributed by atoms with Crippen molar-refractivity contribution in [3.8, 4) is 5.69 Å². The number of aromatic nitrogens is 4. The van der Waals surface area contributed by atoms with Crippen LogP contribution in [0.4, 0.5) is 5.82 Å². The Bertz CT molecular complexity index is 812. The highest BCUT2D eigenvalue weighted by Crippen LogP contribution is 2.24. The summed E-state index contributed by atoms with van der Waals surface area (Å²) in [5.41, 5.74) is 3.06. The van der Waals surface area contributed by atoms with Crippen molar-refractivity contribution >= 4 is 11.7 Å². The fraction of sp³-hybridized carbons (Fsp3) is 0.176. The van der Waals surface area contributed by atoms with Gasteiger partial charge in [-0.15, -0.1) is 0 Å². The van der Waals surface area contributed by atoms with Crippen molar-refractivity contribution in [1.82, 2.24) is 19.7 Å². The molecular weight excluding hydrogens is 290 g/mol. The predicted molar refractivity (Wildman–Crippen MR) is 87.7 cm³/mol. The largest absolute Gasteiger partial charge is 0.305 e. The van der Waals surface area contributed by atoms with Crippen molar-refractivity contribution in [1.29, 1.82) is 0 Å². The maximum Gasteiger partial charge on any atom is 0.277 e. The molecule has 0 spiro atoms. The van der Waals surface area contributed by atoms with Gasteiger partial charge in [0, 0.05) is 18.0 Å². The van der Waals surface area contributed by atoms with E-state index in [1.54, 1.807) is 4.68 Å². The number of anilines is 1. The zero-order valence-corrected chi connectivity index (χ0v) is 13.0. The topological polar surface area (TPSA) is 72.7 Å². The lowest BCUT2D eigenvalue weighted by molar-refractivity contribution is 0.102. The number of benzene rings is 1. The summed E-state index contributed by atoms with van der Waals surface area (Å²) in [6.45, 7) is 4.00. The molecule has 116 valence electrons. The number of amides is 1. The van der Waals surface area contributed by atoms with Crippen molar-refractivity contribution in [2.45, 2.75) is 20.3 Å². The Hall–Kier alpha value is -3.02. The Morgan fingerprint density at radius 1 is 1.22 bits per heavy atom. The van der Waals surface area contributed by atoms with Gasteiger partial charge in [0.15, 0.2) is 0 Å². The molecular formula is C17H17N5O. The summed E-state index contributed by atoms with van der Waals surface area (Å²) in [5, 5.41) is 7.52. The van der Waals surface area contributed by atoms with Gasteiger partial charge in [0.05, 0.1) is 17.6 Å². The number of aryl methyl sites for hydroxylation is 1. The fourth-order valence-electron chi connectivity index (χ4n) is 2.37. The van der Waals surface area contributed by atoms with Gasteiger partial charge in [-0.05, 0) is 25.5 Å². The van der Waals surface area contributed by atoms with Gasteiger partial charge in [-0.1, -0.05) is 25.1 Å². The van der Waals surface area contributed by atoms with Crippen LogP contribution in [0.25, 0.3) is 5.69 Å². The average Bonchev–Trinajstić information content (AvgIpc) is 2.92. The molecule has 6 heteroatoms. The zero-order chi connectivity index (χ0) is 16.2. The number of nitrogens with zero attached hydrogens (tertiary/aromatic N) is 4. The standard InChI is InChI=1S/C17H17N5O/c1-3-14-12(2)16(20-17(23)15-11-18-9-10-19-15)22(21-14)13-7-5-4-6-8-13/h4-11H,3H2,1-2H3,(H,20,23). The molecule has 0 aliphatic rings. The van der Waals surface area contributed by atoms with E-state index in [1.165, 1.54) is 18.6 Å². The highest BCUT2D eigenvalue weighted by Gasteiger charge is 2.18. The van der Waals surface area contributed by atoms with Crippen molar-refractivity contribution in [3.63, 3.8) is 0 Å². The van der Waals surface area contributed by atoms with Gasteiger partial charge in [-0.3, -0.25) is 9.78 Å². The van der Waals surface area contributed by atoms with Crippen molar-refractivity contribution in [3.05, 3.63) is 65.9 Å². The number of hydrogen-bond acceptors (Lipinski definition) is 4. The summed E-state index contributed by atoms with van der Waals surface area (Å²) < 4.78 is 1.75. The van der Waals surface area contributed by atoms with Crippen LogP contribution in [0.1, 0.15) is 28.7 Å². The molecule has 1 aromatic carbocycles. The van der Waals surface area contributed by atoms with Crippen LogP contribution in [0.2, 0.25) is 0 Å². The first-order chi connectivity index (χ1) is 11.2. The molecule has 0 fully saturated rings. The third-order valence-electron chi connectivity index (χ3n) is 3.58. The van der Waals surface area contributed by atoms with Gasteiger partial charge in [0.1, 0.15) is 11.5 Å². The minimum Gasteiger partial charge on any atom is -0.305 e. The molecule has 2 aromatic heterocycles. The second kappa shape index (κ2) is 6.39. The van der Waals surface area contributed by atoms with Gasteiger partial charge in [0.25, 0.3) is 5.91 Å². The Morgan fingerprint density at radius 2 is 2.00 bits per heavy atom. The van der Waals surface area contributed by atoms with Crippen LogP contribution in [0.15, 0.2) is 48.9 Å². The quantitative estimate of drug-likeness (QED) is 0.804. The third kappa shape index (κ3) is 2.96. The van der Waals surface area contributed by atoms with E-state index in [4.69, 9.17) is 0 Å². The van der Waals surface area contributed by atoms with Gasteiger partial charge in [0.2, 0.25) is 0 Å². The number of carbonyl (C=O) groups excluding carboxylic acids is 1. The molecule has 3 rings (SSSR count). The molecule has 1 N–H and O–H groups in total. The minimum absolute atomic E-state index is 0.269. The lowest BCUT2D eigenvalue weighted by Crippen LogP contribution is -2.17. The van der Waals surface area contributed by atoms with E-state index in [-0.39, 0.29) is 11.6 Å². The summed E-state index contributed by atoms with van der Waals surface area (Å²) in [7, 11) is 0. The highest BCUT2D eigenvalue weighted by molar-refractivity contribution is 6.02. The van der Waals surface area contributed by atoms with E-state index in [0.29, 0.717) is 5.82 Å². The molecule has 0 aliphatic heterocycles. The maximum atomic E-state index is 12.4. The fourth-order valence-corrected chi connectivity index (χ4v) is 2.37. The third-order valence-corrected chi connectivity index (χ3v) is 3.58. The summed E-state index contributed by atoms with van der Waals surface area (Å²) in [6.07, 6.45) is 5.26. The zero-order valence-electron chi connectivity index (χ0n) is 13.0. The van der Waals surface area contributed by atoms with E-state index < -0.39 is 0 Å². The molecule has 0 saturated heterocycles. The van der Waals surface area contributed by atoms with Crippen molar-refractivity contribution < 1.29 is 4.79 Å². The van der Waals surface area contributed by atoms with Crippen LogP contribution in [-0.2, 0) is 6.42 Å². The van der Waals surface area contributed by atoms with Crippen LogP contribution in [-0.4, -0.2) is 25.7 Å². The number of rotatable bonds is 4. The molecule has 0 atom stereocenters. The van der Waals surface area contributed by atoms with Gasteiger partial charge in [-0.25, -0.2) is 9.67 Å². The van der Waals surface area contributed by atoms with Crippen molar-refractivity contribution in [2.24, 2.45) is 0 Å². The molecule has 0 bridgehead atoms. The minimum atomic E-state index is -0.305. The summed E-state index contributed by atoms with van der Waals surface area (Å²) in [6, 6.07) is 9.71. The SMILES string of the molecule is CCc1nn(-c2ccccc2)c(NC(=O)c2cnccn2)c1C. The summed E-state index contributed by atoms with van der Waals surface area (Å²) in [5.74, 6) is 0.352. The molecule has 6 nitrogen and oxygen atoms in total. The van der Waals surface area contributed by atoms with E-state index in [0.717, 1.165) is 23.4 Å². The molecule has 2 heterocycles. The lowest BCUT2D eigenvalue weighted by atomic mass is 10.2. The van der Waals surface area contributed by atoms with Gasteiger partial charge >= 0.3 is 0 Å². The number of para-hydroxylation sites is 1. The molecule has 1 amide bonds. The van der Waals surface area contributed by atoms with Crippen LogP contribution in [0.5, 0.6) is 0 Å². The Kier molecular flexibility index (Phi) is 4.14. The first-order valence-corrected chi connectivity index (χ1v) is 7.42. The Morgan fingerprint density at radius 3 is 2.65 bits per heavy atom. The van der Waals surface area contributed by atoms with Crippen LogP contribution >= 0.6 is 0 Å². The highest BCUT2D eigenvalue weighted by atomic mass is 16.2. The van der Waals surface area contributed by atoms with E-state index in [9.17, 15) is 4.79 Å². The molecule has 0 unspecified atom stereocenters. The second-order valence-corrected chi connectivity index (χ2v) is 5.07. The molecule has 0 saturated carbocycles. The molecule has 3 aromatic rings. The van der Waals surface area contributed by atoms with E-state index in [2.05, 4.69) is 20.4 Å². The number of hydrogen-bond donors (Lipinski definition) is 1. The summed E-state index contributed by atoms with van der Waals surface area (Å²) in [4.78, 5) is 20.3. The summed E-state index contributed by atoms with van der Waals surface area (Å²) >= 11 is 0. The molecule has 0 aliphatic carbocycles. The second-order valence-electron chi connectivity index (χ2n) is 5.07. The van der Waals surface area contributed by atoms with Crippen LogP contribution in [0.3, 0.4) is 0 Å². The van der Waals surface area contributed by atoms with Crippen LogP contribution < -0.4 is 5.32 Å². The first kappa shape index (κ1) is 14.9.